The molecule has 11 heavy (non-hydrogen) atoms. The van der Waals surface area contributed by atoms with Crippen molar-refractivity contribution < 1.29 is 0 Å². The molecule has 0 aromatic heterocycles. The molecule has 0 aromatic carbocycles. The maximum Gasteiger partial charge on any atom is -0.0295 e. The summed E-state index contributed by atoms with van der Waals surface area (Å²) >= 11 is 0. The summed E-state index contributed by atoms with van der Waals surface area (Å²) in [5, 5.41) is 0. The first-order valence-corrected chi connectivity index (χ1v) is 5.03. The summed E-state index contributed by atoms with van der Waals surface area (Å²) in [5.41, 5.74) is 0.683. The summed E-state index contributed by atoms with van der Waals surface area (Å²) in [7, 11) is 0. The van der Waals surface area contributed by atoms with Gasteiger partial charge in [-0.2, -0.15) is 0 Å². The van der Waals surface area contributed by atoms with Gasteiger partial charge in [-0.3, -0.25) is 0 Å². The van der Waals surface area contributed by atoms with Crippen molar-refractivity contribution in [2.45, 2.75) is 40.5 Å². The smallest absolute Gasteiger partial charge is 0.0295 e. The zero-order chi connectivity index (χ0) is 8.22. The highest BCUT2D eigenvalue weighted by Crippen LogP contribution is 2.63. The number of rotatable bonds is 2. The van der Waals surface area contributed by atoms with Gasteiger partial charge in [0.05, 0.1) is 0 Å². The van der Waals surface area contributed by atoms with Crippen LogP contribution in [0.5, 0.6) is 0 Å². The largest absolute Gasteiger partial charge is 0.0622 e. The molecule has 0 amide bonds. The first-order chi connectivity index (χ1) is 5.03. The van der Waals surface area contributed by atoms with Crippen LogP contribution in [0.25, 0.3) is 0 Å². The van der Waals surface area contributed by atoms with Crippen molar-refractivity contribution in [1.29, 1.82) is 0 Å². The Balaban J connectivity index is 1.82. The molecule has 0 N–H and O–H groups in total. The Morgan fingerprint density at radius 2 is 1.73 bits per heavy atom. The van der Waals surface area contributed by atoms with Gasteiger partial charge in [0.15, 0.2) is 0 Å². The standard InChI is InChI=1S/C11H20/c1-7-5-9(7)6-10-8(2)11(10,3)4/h7-10H,5-6H2,1-4H3. The van der Waals surface area contributed by atoms with Gasteiger partial charge in [-0.15, -0.1) is 0 Å². The van der Waals surface area contributed by atoms with E-state index in [1.165, 1.54) is 12.8 Å². The molecule has 2 saturated carbocycles. The van der Waals surface area contributed by atoms with Crippen molar-refractivity contribution >= 4 is 0 Å². The molecule has 4 unspecified atom stereocenters. The fourth-order valence-corrected chi connectivity index (χ4v) is 2.58. The van der Waals surface area contributed by atoms with Crippen LogP contribution in [-0.4, -0.2) is 0 Å². The molecule has 2 rings (SSSR count). The Bertz CT molecular complexity index is 169. The molecule has 2 fully saturated rings. The van der Waals surface area contributed by atoms with Gasteiger partial charge in [-0.25, -0.2) is 0 Å². The van der Waals surface area contributed by atoms with E-state index in [1.54, 1.807) is 0 Å². The van der Waals surface area contributed by atoms with Crippen LogP contribution in [0.1, 0.15) is 40.5 Å². The van der Waals surface area contributed by atoms with Gasteiger partial charge in [0, 0.05) is 0 Å². The number of hydrogen-bond acceptors (Lipinski definition) is 0. The van der Waals surface area contributed by atoms with Crippen molar-refractivity contribution in [2.24, 2.45) is 29.1 Å². The summed E-state index contributed by atoms with van der Waals surface area (Å²) in [4.78, 5) is 0. The molecule has 64 valence electrons. The van der Waals surface area contributed by atoms with E-state index in [0.717, 1.165) is 23.7 Å². The van der Waals surface area contributed by atoms with Crippen molar-refractivity contribution in [2.75, 3.05) is 0 Å². The molecule has 0 radical (unpaired) electrons. The van der Waals surface area contributed by atoms with Crippen molar-refractivity contribution in [3.8, 4) is 0 Å². The van der Waals surface area contributed by atoms with Crippen LogP contribution in [0.15, 0.2) is 0 Å². The lowest BCUT2D eigenvalue weighted by atomic mass is 10.1. The van der Waals surface area contributed by atoms with Gasteiger partial charge in [0.25, 0.3) is 0 Å². The van der Waals surface area contributed by atoms with Crippen molar-refractivity contribution in [1.82, 2.24) is 0 Å². The second-order valence-electron chi connectivity index (χ2n) is 5.43. The molecule has 0 nitrogen and oxygen atoms in total. The molecule has 4 atom stereocenters. The van der Waals surface area contributed by atoms with Gasteiger partial charge in [-0.1, -0.05) is 27.7 Å². The zero-order valence-electron chi connectivity index (χ0n) is 8.22. The van der Waals surface area contributed by atoms with Crippen molar-refractivity contribution in [3.05, 3.63) is 0 Å². The van der Waals surface area contributed by atoms with E-state index in [-0.39, 0.29) is 0 Å². The summed E-state index contributed by atoms with van der Waals surface area (Å²) in [6.07, 6.45) is 3.04. The normalized spacial score (nSPS) is 52.4. The SMILES string of the molecule is CC1CC1CC1C(C)C1(C)C. The van der Waals surface area contributed by atoms with Crippen LogP contribution >= 0.6 is 0 Å². The maximum atomic E-state index is 2.43. The predicted molar refractivity (Wildman–Crippen MR) is 48.3 cm³/mol. The van der Waals surface area contributed by atoms with E-state index in [2.05, 4.69) is 27.7 Å². The van der Waals surface area contributed by atoms with Gasteiger partial charge in [0.1, 0.15) is 0 Å². The molecule has 0 aromatic rings. The minimum atomic E-state index is 0.683. The highest BCUT2D eigenvalue weighted by Gasteiger charge is 2.56. The van der Waals surface area contributed by atoms with E-state index < -0.39 is 0 Å². The highest BCUT2D eigenvalue weighted by molar-refractivity contribution is 5.04. The van der Waals surface area contributed by atoms with Crippen LogP contribution in [0, 0.1) is 29.1 Å². The van der Waals surface area contributed by atoms with E-state index in [0.29, 0.717) is 5.41 Å². The summed E-state index contributed by atoms with van der Waals surface area (Å²) < 4.78 is 0. The Labute approximate surface area is 70.4 Å². The summed E-state index contributed by atoms with van der Waals surface area (Å²) in [5.74, 6) is 4.20. The van der Waals surface area contributed by atoms with Crippen molar-refractivity contribution in [3.63, 3.8) is 0 Å². The third kappa shape index (κ3) is 1.11. The minimum absolute atomic E-state index is 0.683. The first kappa shape index (κ1) is 7.64. The van der Waals surface area contributed by atoms with Gasteiger partial charge in [0.2, 0.25) is 0 Å². The highest BCUT2D eigenvalue weighted by atomic mass is 14.6. The van der Waals surface area contributed by atoms with E-state index in [1.807, 2.05) is 0 Å². The van der Waals surface area contributed by atoms with Crippen LogP contribution in [-0.2, 0) is 0 Å². The predicted octanol–water partition coefficient (Wildman–Crippen LogP) is 3.32. The topological polar surface area (TPSA) is 0 Å². The minimum Gasteiger partial charge on any atom is -0.0622 e. The number of hydrogen-bond donors (Lipinski definition) is 0. The quantitative estimate of drug-likeness (QED) is 0.569. The molecule has 0 bridgehead atoms. The Morgan fingerprint density at radius 1 is 1.27 bits per heavy atom. The Hall–Kier alpha value is 0. The summed E-state index contributed by atoms with van der Waals surface area (Å²) in [6, 6.07) is 0. The fraction of sp³-hybridized carbons (Fsp3) is 1.00. The second kappa shape index (κ2) is 2.02. The third-order valence-electron chi connectivity index (χ3n) is 4.46. The van der Waals surface area contributed by atoms with Crippen LogP contribution in [0.2, 0.25) is 0 Å². The molecular weight excluding hydrogens is 132 g/mol. The molecule has 0 spiro atoms. The average molecular weight is 152 g/mol. The summed E-state index contributed by atoms with van der Waals surface area (Å²) in [6.45, 7) is 9.66. The molecule has 2 aliphatic rings. The van der Waals surface area contributed by atoms with Gasteiger partial charge < -0.3 is 0 Å². The van der Waals surface area contributed by atoms with E-state index in [9.17, 15) is 0 Å². The van der Waals surface area contributed by atoms with Crippen LogP contribution in [0.3, 0.4) is 0 Å². The Kier molecular flexibility index (Phi) is 1.41. The lowest BCUT2D eigenvalue weighted by molar-refractivity contribution is 0.496. The van der Waals surface area contributed by atoms with Crippen LogP contribution < -0.4 is 0 Å². The lowest BCUT2D eigenvalue weighted by Crippen LogP contribution is -1.91. The third-order valence-corrected chi connectivity index (χ3v) is 4.46. The average Bonchev–Trinajstić information content (AvgIpc) is 2.69. The molecule has 0 heteroatoms. The fourth-order valence-electron chi connectivity index (χ4n) is 2.58. The first-order valence-electron chi connectivity index (χ1n) is 5.03. The second-order valence-corrected chi connectivity index (χ2v) is 5.43. The Morgan fingerprint density at radius 3 is 2.00 bits per heavy atom. The molecule has 0 heterocycles. The van der Waals surface area contributed by atoms with Gasteiger partial charge >= 0.3 is 0 Å². The molecule has 2 aliphatic carbocycles. The van der Waals surface area contributed by atoms with Gasteiger partial charge in [-0.05, 0) is 41.9 Å². The van der Waals surface area contributed by atoms with E-state index >= 15 is 0 Å². The lowest BCUT2D eigenvalue weighted by Gasteiger charge is -2.00. The monoisotopic (exact) mass is 152 g/mol. The van der Waals surface area contributed by atoms with Crippen LogP contribution in [0.4, 0.5) is 0 Å². The zero-order valence-corrected chi connectivity index (χ0v) is 8.22. The molecular formula is C11H20. The van der Waals surface area contributed by atoms with E-state index in [4.69, 9.17) is 0 Å². The maximum absolute atomic E-state index is 2.43. The molecule has 0 aliphatic heterocycles. The molecule has 0 saturated heterocycles.